The Morgan fingerprint density at radius 1 is 1.17 bits per heavy atom. The summed E-state index contributed by atoms with van der Waals surface area (Å²) in [7, 11) is 0. The summed E-state index contributed by atoms with van der Waals surface area (Å²) >= 11 is 0. The van der Waals surface area contributed by atoms with Crippen LogP contribution in [-0.4, -0.2) is 24.5 Å². The molecule has 0 unspecified atom stereocenters. The minimum atomic E-state index is 0. The molecule has 3 nitrogen and oxygen atoms in total. The Kier molecular flexibility index (Phi) is 6.91. The predicted molar refractivity (Wildman–Crippen MR) is 96.9 cm³/mol. The van der Waals surface area contributed by atoms with E-state index < -0.39 is 0 Å². The molecule has 1 heterocycles. The van der Waals surface area contributed by atoms with Crippen molar-refractivity contribution in [1.82, 2.24) is 10.6 Å². The summed E-state index contributed by atoms with van der Waals surface area (Å²) < 4.78 is 0. The van der Waals surface area contributed by atoms with Gasteiger partial charge in [0.2, 0.25) is 5.91 Å². The highest BCUT2D eigenvalue weighted by molar-refractivity contribution is 5.85. The van der Waals surface area contributed by atoms with Gasteiger partial charge in [-0.15, -0.1) is 12.4 Å². The molecule has 0 atom stereocenters. The standard InChI is InChI=1S/C19H28N2O.ClH/c22-18(8-7-16-9-13-20-14-10-16)21-19(11-4-12-19)15-17-5-2-1-3-6-17;/h1-3,5-6,16,20H,4,7-15H2,(H,21,22);1H. The summed E-state index contributed by atoms with van der Waals surface area (Å²) in [5.74, 6) is 0.993. The van der Waals surface area contributed by atoms with E-state index in [4.69, 9.17) is 0 Å². The predicted octanol–water partition coefficient (Wildman–Crippen LogP) is 3.47. The van der Waals surface area contributed by atoms with E-state index in [9.17, 15) is 4.79 Å². The molecule has 1 saturated carbocycles. The fourth-order valence-corrected chi connectivity index (χ4v) is 3.80. The minimum Gasteiger partial charge on any atom is -0.350 e. The summed E-state index contributed by atoms with van der Waals surface area (Å²) in [5.41, 5.74) is 1.37. The Labute approximate surface area is 146 Å². The first-order chi connectivity index (χ1) is 10.8. The molecule has 1 amide bonds. The lowest BCUT2D eigenvalue weighted by atomic mass is 9.72. The van der Waals surface area contributed by atoms with Gasteiger partial charge in [0.05, 0.1) is 0 Å². The Balaban J connectivity index is 0.00000192. The molecule has 3 rings (SSSR count). The summed E-state index contributed by atoms with van der Waals surface area (Å²) in [6.07, 6.45) is 8.66. The molecular formula is C19H29ClN2O. The maximum Gasteiger partial charge on any atom is 0.220 e. The normalized spacial score (nSPS) is 20.2. The van der Waals surface area contributed by atoms with Crippen molar-refractivity contribution in [1.29, 1.82) is 0 Å². The zero-order valence-corrected chi connectivity index (χ0v) is 14.7. The number of piperidine rings is 1. The van der Waals surface area contributed by atoms with Crippen LogP contribution in [0.1, 0.15) is 50.5 Å². The summed E-state index contributed by atoms with van der Waals surface area (Å²) in [6.45, 7) is 2.23. The van der Waals surface area contributed by atoms with Gasteiger partial charge in [-0.3, -0.25) is 4.79 Å². The molecule has 1 aliphatic heterocycles. The Bertz CT molecular complexity index is 481. The van der Waals surface area contributed by atoms with Gasteiger partial charge in [-0.25, -0.2) is 0 Å². The number of amides is 1. The zero-order chi connectivity index (χ0) is 15.3. The Hall–Kier alpha value is -1.06. The highest BCUT2D eigenvalue weighted by Gasteiger charge is 2.38. The van der Waals surface area contributed by atoms with Crippen LogP contribution in [0.3, 0.4) is 0 Å². The quantitative estimate of drug-likeness (QED) is 0.835. The second-order valence-corrected chi connectivity index (χ2v) is 7.08. The number of halogens is 1. The number of carbonyl (C=O) groups excluding carboxylic acids is 1. The third-order valence-electron chi connectivity index (χ3n) is 5.34. The molecule has 0 spiro atoms. The molecule has 0 radical (unpaired) electrons. The number of hydrogen-bond donors (Lipinski definition) is 2. The van der Waals surface area contributed by atoms with Gasteiger partial charge < -0.3 is 10.6 Å². The summed E-state index contributed by atoms with van der Waals surface area (Å²) in [6, 6.07) is 10.6. The first-order valence-corrected chi connectivity index (χ1v) is 8.81. The molecule has 128 valence electrons. The van der Waals surface area contributed by atoms with E-state index >= 15 is 0 Å². The average Bonchev–Trinajstić information content (AvgIpc) is 2.53. The van der Waals surface area contributed by atoms with Gasteiger partial charge in [-0.2, -0.15) is 0 Å². The van der Waals surface area contributed by atoms with E-state index in [1.165, 1.54) is 24.8 Å². The number of hydrogen-bond acceptors (Lipinski definition) is 2. The highest BCUT2D eigenvalue weighted by atomic mass is 35.5. The van der Waals surface area contributed by atoms with Crippen LogP contribution in [0, 0.1) is 5.92 Å². The van der Waals surface area contributed by atoms with E-state index in [0.717, 1.165) is 44.7 Å². The summed E-state index contributed by atoms with van der Waals surface area (Å²) in [4.78, 5) is 12.4. The van der Waals surface area contributed by atoms with Gasteiger partial charge in [0.25, 0.3) is 0 Å². The lowest BCUT2D eigenvalue weighted by Crippen LogP contribution is -2.55. The van der Waals surface area contributed by atoms with Crippen LogP contribution in [0.15, 0.2) is 30.3 Å². The van der Waals surface area contributed by atoms with E-state index in [1.54, 1.807) is 0 Å². The Morgan fingerprint density at radius 3 is 2.48 bits per heavy atom. The zero-order valence-electron chi connectivity index (χ0n) is 13.9. The van der Waals surface area contributed by atoms with Crippen LogP contribution >= 0.6 is 12.4 Å². The monoisotopic (exact) mass is 336 g/mol. The van der Waals surface area contributed by atoms with Gasteiger partial charge >= 0.3 is 0 Å². The molecule has 1 aromatic rings. The van der Waals surface area contributed by atoms with Crippen molar-refractivity contribution in [3.05, 3.63) is 35.9 Å². The second kappa shape index (κ2) is 8.70. The lowest BCUT2D eigenvalue weighted by Gasteiger charge is -2.43. The van der Waals surface area contributed by atoms with Crippen LogP contribution in [0.4, 0.5) is 0 Å². The highest BCUT2D eigenvalue weighted by Crippen LogP contribution is 2.35. The van der Waals surface area contributed by atoms with E-state index in [1.807, 2.05) is 0 Å². The number of benzene rings is 1. The fraction of sp³-hybridized carbons (Fsp3) is 0.632. The van der Waals surface area contributed by atoms with E-state index in [-0.39, 0.29) is 23.9 Å². The van der Waals surface area contributed by atoms with Crippen molar-refractivity contribution >= 4 is 18.3 Å². The van der Waals surface area contributed by atoms with E-state index in [0.29, 0.717) is 6.42 Å². The van der Waals surface area contributed by atoms with Crippen molar-refractivity contribution < 1.29 is 4.79 Å². The van der Waals surface area contributed by atoms with Gasteiger partial charge in [-0.05, 0) is 69.5 Å². The summed E-state index contributed by atoms with van der Waals surface area (Å²) in [5, 5.41) is 6.75. The smallest absolute Gasteiger partial charge is 0.220 e. The largest absolute Gasteiger partial charge is 0.350 e. The van der Waals surface area contributed by atoms with Crippen LogP contribution in [-0.2, 0) is 11.2 Å². The molecule has 1 saturated heterocycles. The average molecular weight is 337 g/mol. The molecule has 2 aliphatic rings. The second-order valence-electron chi connectivity index (χ2n) is 7.08. The first-order valence-electron chi connectivity index (χ1n) is 8.81. The van der Waals surface area contributed by atoms with E-state index in [2.05, 4.69) is 41.0 Å². The van der Waals surface area contributed by atoms with Crippen LogP contribution in [0.2, 0.25) is 0 Å². The maximum atomic E-state index is 12.4. The van der Waals surface area contributed by atoms with Crippen molar-refractivity contribution in [3.63, 3.8) is 0 Å². The maximum absolute atomic E-state index is 12.4. The molecule has 0 aromatic heterocycles. The fourth-order valence-electron chi connectivity index (χ4n) is 3.80. The SMILES string of the molecule is Cl.O=C(CCC1CCNCC1)NC1(Cc2ccccc2)CCC1. The molecule has 0 bridgehead atoms. The molecule has 23 heavy (non-hydrogen) atoms. The van der Waals surface area contributed by atoms with Crippen molar-refractivity contribution in [3.8, 4) is 0 Å². The third-order valence-corrected chi connectivity index (χ3v) is 5.34. The molecular weight excluding hydrogens is 308 g/mol. The molecule has 1 aliphatic carbocycles. The van der Waals surface area contributed by atoms with Gasteiger partial charge in [-0.1, -0.05) is 30.3 Å². The molecule has 4 heteroatoms. The van der Waals surface area contributed by atoms with Crippen LogP contribution in [0.25, 0.3) is 0 Å². The van der Waals surface area contributed by atoms with Crippen LogP contribution in [0.5, 0.6) is 0 Å². The third kappa shape index (κ3) is 5.22. The van der Waals surface area contributed by atoms with Crippen molar-refractivity contribution in [2.75, 3.05) is 13.1 Å². The van der Waals surface area contributed by atoms with Gasteiger partial charge in [0.1, 0.15) is 0 Å². The number of rotatable bonds is 6. The Morgan fingerprint density at radius 2 is 1.87 bits per heavy atom. The lowest BCUT2D eigenvalue weighted by molar-refractivity contribution is -0.124. The topological polar surface area (TPSA) is 41.1 Å². The number of carbonyl (C=O) groups is 1. The van der Waals surface area contributed by atoms with Crippen LogP contribution < -0.4 is 10.6 Å². The first kappa shape index (κ1) is 18.3. The van der Waals surface area contributed by atoms with Gasteiger partial charge in [0.15, 0.2) is 0 Å². The molecule has 2 N–H and O–H groups in total. The molecule has 1 aromatic carbocycles. The van der Waals surface area contributed by atoms with Crippen molar-refractivity contribution in [2.24, 2.45) is 5.92 Å². The van der Waals surface area contributed by atoms with Crippen molar-refractivity contribution in [2.45, 2.75) is 56.9 Å². The molecule has 2 fully saturated rings. The minimum absolute atomic E-state index is 0. The number of nitrogens with one attached hydrogen (secondary N) is 2. The van der Waals surface area contributed by atoms with Gasteiger partial charge in [0, 0.05) is 12.0 Å².